The first-order chi connectivity index (χ1) is 10.9. The molecule has 0 aliphatic carbocycles. The first-order valence-electron chi connectivity index (χ1n) is 7.19. The molecule has 2 aromatic carbocycles. The molecule has 0 saturated heterocycles. The second-order valence-corrected chi connectivity index (χ2v) is 7.50. The van der Waals surface area contributed by atoms with Crippen LogP contribution in [0.15, 0.2) is 47.4 Å². The average Bonchev–Trinajstić information content (AvgIpc) is 2.98. The van der Waals surface area contributed by atoms with Crippen molar-refractivity contribution < 1.29 is 17.9 Å². The minimum Gasteiger partial charge on any atom is -0.465 e. The molecule has 23 heavy (non-hydrogen) atoms. The van der Waals surface area contributed by atoms with Crippen molar-refractivity contribution in [2.75, 3.05) is 7.11 Å². The van der Waals surface area contributed by atoms with Crippen LogP contribution in [0.3, 0.4) is 0 Å². The lowest BCUT2D eigenvalue weighted by molar-refractivity contribution is 0.0600. The van der Waals surface area contributed by atoms with E-state index in [1.54, 1.807) is 42.5 Å². The molecule has 0 fully saturated rings. The van der Waals surface area contributed by atoms with E-state index in [9.17, 15) is 13.2 Å². The number of hydrogen-bond donors (Lipinski definition) is 0. The van der Waals surface area contributed by atoms with Crippen LogP contribution in [-0.2, 0) is 27.8 Å². The summed E-state index contributed by atoms with van der Waals surface area (Å²) in [4.78, 5) is 11.9. The number of sulfonamides is 1. The Bertz CT molecular complexity index is 857. The zero-order chi connectivity index (χ0) is 16.6. The van der Waals surface area contributed by atoms with E-state index in [-0.39, 0.29) is 11.4 Å². The van der Waals surface area contributed by atoms with Gasteiger partial charge in [-0.15, -0.1) is 0 Å². The number of fused-ring (bicyclic) bond motifs is 1. The molecule has 0 N–H and O–H groups in total. The summed E-state index contributed by atoms with van der Waals surface area (Å²) >= 11 is 0. The molecule has 6 heteroatoms. The summed E-state index contributed by atoms with van der Waals surface area (Å²) in [5, 5.41) is 0. The maximum atomic E-state index is 12.7. The maximum Gasteiger partial charge on any atom is 0.337 e. The van der Waals surface area contributed by atoms with Crippen molar-refractivity contribution in [3.8, 4) is 0 Å². The number of carbonyl (C=O) groups excluding carboxylic acids is 1. The van der Waals surface area contributed by atoms with Crippen LogP contribution in [0.25, 0.3) is 0 Å². The van der Waals surface area contributed by atoms with Gasteiger partial charge in [-0.3, -0.25) is 0 Å². The van der Waals surface area contributed by atoms with Crippen LogP contribution in [0.1, 0.15) is 27.0 Å². The minimum atomic E-state index is -3.54. The monoisotopic (exact) mass is 331 g/mol. The molecule has 0 aromatic heterocycles. The van der Waals surface area contributed by atoms with Crippen LogP contribution < -0.4 is 0 Å². The molecular weight excluding hydrogens is 314 g/mol. The second-order valence-electron chi connectivity index (χ2n) is 5.56. The molecule has 1 heterocycles. The molecule has 0 radical (unpaired) electrons. The molecule has 1 aliphatic rings. The highest BCUT2D eigenvalue weighted by atomic mass is 32.2. The fraction of sp³-hybridized carbons (Fsp3) is 0.235. The van der Waals surface area contributed by atoms with Gasteiger partial charge in [0.05, 0.1) is 17.6 Å². The van der Waals surface area contributed by atoms with E-state index in [1.165, 1.54) is 11.4 Å². The lowest BCUT2D eigenvalue weighted by Gasteiger charge is -2.15. The van der Waals surface area contributed by atoms with Gasteiger partial charge in [0.15, 0.2) is 0 Å². The molecule has 3 rings (SSSR count). The molecular formula is C17H17NO4S. The normalized spacial score (nSPS) is 14.5. The minimum absolute atomic E-state index is 0.260. The number of methoxy groups -OCH3 is 1. The number of ether oxygens (including phenoxy) is 1. The molecule has 120 valence electrons. The summed E-state index contributed by atoms with van der Waals surface area (Å²) in [6.45, 7) is 2.49. The summed E-state index contributed by atoms with van der Waals surface area (Å²) in [6.07, 6.45) is 0. The van der Waals surface area contributed by atoms with E-state index in [0.717, 1.165) is 16.7 Å². The number of nitrogens with zero attached hydrogens (tertiary/aromatic N) is 1. The van der Waals surface area contributed by atoms with Crippen LogP contribution in [-0.4, -0.2) is 25.8 Å². The fourth-order valence-electron chi connectivity index (χ4n) is 2.64. The summed E-state index contributed by atoms with van der Waals surface area (Å²) in [6, 6.07) is 11.9. The van der Waals surface area contributed by atoms with E-state index in [4.69, 9.17) is 4.74 Å². The van der Waals surface area contributed by atoms with Crippen molar-refractivity contribution in [2.45, 2.75) is 24.9 Å². The van der Waals surface area contributed by atoms with Gasteiger partial charge in [-0.1, -0.05) is 23.8 Å². The Morgan fingerprint density at radius 1 is 1.04 bits per heavy atom. The third-order valence-electron chi connectivity index (χ3n) is 3.98. The molecule has 0 bridgehead atoms. The first-order valence-corrected chi connectivity index (χ1v) is 8.63. The van der Waals surface area contributed by atoms with Crippen LogP contribution in [0.4, 0.5) is 0 Å². The van der Waals surface area contributed by atoms with Crippen LogP contribution in [0.2, 0.25) is 0 Å². The Hall–Kier alpha value is -2.18. The van der Waals surface area contributed by atoms with Crippen molar-refractivity contribution >= 4 is 16.0 Å². The zero-order valence-corrected chi connectivity index (χ0v) is 13.8. The number of carbonyl (C=O) groups is 1. The summed E-state index contributed by atoms with van der Waals surface area (Å²) in [5.74, 6) is -0.423. The van der Waals surface area contributed by atoms with Crippen molar-refractivity contribution in [2.24, 2.45) is 0 Å². The summed E-state index contributed by atoms with van der Waals surface area (Å²) in [7, 11) is -2.22. The highest BCUT2D eigenvalue weighted by molar-refractivity contribution is 7.89. The fourth-order valence-corrected chi connectivity index (χ4v) is 4.03. The quantitative estimate of drug-likeness (QED) is 0.811. The molecule has 0 amide bonds. The van der Waals surface area contributed by atoms with E-state index < -0.39 is 16.0 Å². The molecule has 0 unspecified atom stereocenters. The van der Waals surface area contributed by atoms with Crippen LogP contribution in [0, 0.1) is 6.92 Å². The molecule has 5 nitrogen and oxygen atoms in total. The molecule has 0 spiro atoms. The van der Waals surface area contributed by atoms with Crippen molar-refractivity contribution in [1.82, 2.24) is 4.31 Å². The van der Waals surface area contributed by atoms with Gasteiger partial charge in [-0.05, 0) is 42.3 Å². The highest BCUT2D eigenvalue weighted by Crippen LogP contribution is 2.29. The Kier molecular flexibility index (Phi) is 3.95. The van der Waals surface area contributed by atoms with Gasteiger partial charge in [0, 0.05) is 13.1 Å². The SMILES string of the molecule is COC(=O)c1ccc2c(c1)CN(S(=O)(=O)c1ccc(C)cc1)C2. The average molecular weight is 331 g/mol. The Morgan fingerprint density at radius 2 is 1.70 bits per heavy atom. The van der Waals surface area contributed by atoms with E-state index in [2.05, 4.69) is 0 Å². The van der Waals surface area contributed by atoms with E-state index in [1.807, 2.05) is 6.92 Å². The number of benzene rings is 2. The third-order valence-corrected chi connectivity index (χ3v) is 5.79. The van der Waals surface area contributed by atoms with E-state index in [0.29, 0.717) is 12.1 Å². The van der Waals surface area contributed by atoms with Gasteiger partial charge in [-0.2, -0.15) is 4.31 Å². The highest BCUT2D eigenvalue weighted by Gasteiger charge is 2.31. The largest absolute Gasteiger partial charge is 0.465 e. The summed E-state index contributed by atoms with van der Waals surface area (Å²) in [5.41, 5.74) is 3.19. The second kappa shape index (κ2) is 5.79. The number of esters is 1. The van der Waals surface area contributed by atoms with Crippen LogP contribution >= 0.6 is 0 Å². The van der Waals surface area contributed by atoms with E-state index >= 15 is 0 Å². The Morgan fingerprint density at radius 3 is 2.35 bits per heavy atom. The van der Waals surface area contributed by atoms with Crippen molar-refractivity contribution in [3.63, 3.8) is 0 Å². The maximum absolute atomic E-state index is 12.7. The van der Waals surface area contributed by atoms with Crippen molar-refractivity contribution in [1.29, 1.82) is 0 Å². The van der Waals surface area contributed by atoms with Crippen LogP contribution in [0.5, 0.6) is 0 Å². The van der Waals surface area contributed by atoms with Gasteiger partial charge in [-0.25, -0.2) is 13.2 Å². The lowest BCUT2D eigenvalue weighted by atomic mass is 10.1. The molecule has 0 saturated carbocycles. The molecule has 0 atom stereocenters. The Labute approximate surface area is 135 Å². The van der Waals surface area contributed by atoms with Gasteiger partial charge in [0.25, 0.3) is 0 Å². The zero-order valence-electron chi connectivity index (χ0n) is 12.9. The Balaban J connectivity index is 1.89. The predicted molar refractivity (Wildman–Crippen MR) is 85.4 cm³/mol. The molecule has 1 aliphatic heterocycles. The van der Waals surface area contributed by atoms with Gasteiger partial charge < -0.3 is 4.74 Å². The predicted octanol–water partition coefficient (Wildman–Crippen LogP) is 2.49. The third kappa shape index (κ3) is 2.87. The van der Waals surface area contributed by atoms with Gasteiger partial charge in [0.2, 0.25) is 10.0 Å². The van der Waals surface area contributed by atoms with Crippen molar-refractivity contribution in [3.05, 3.63) is 64.7 Å². The van der Waals surface area contributed by atoms with Gasteiger partial charge in [0.1, 0.15) is 0 Å². The number of rotatable bonds is 3. The number of hydrogen-bond acceptors (Lipinski definition) is 4. The van der Waals surface area contributed by atoms with Gasteiger partial charge >= 0.3 is 5.97 Å². The smallest absolute Gasteiger partial charge is 0.337 e. The molecule has 2 aromatic rings. The lowest BCUT2D eigenvalue weighted by Crippen LogP contribution is -2.25. The number of aryl methyl sites for hydroxylation is 1. The first kappa shape index (κ1) is 15.7. The standard InChI is InChI=1S/C17H17NO4S/c1-12-3-7-16(8-4-12)23(20,21)18-10-14-6-5-13(17(19)22-2)9-15(14)11-18/h3-9H,10-11H2,1-2H3. The summed E-state index contributed by atoms with van der Waals surface area (Å²) < 4.78 is 31.6. The topological polar surface area (TPSA) is 63.7 Å².